The van der Waals surface area contributed by atoms with E-state index in [0.29, 0.717) is 12.6 Å². The number of aliphatic hydroxyl groups excluding tert-OH is 1. The molecule has 2 aromatic heterocycles. The van der Waals surface area contributed by atoms with Crippen LogP contribution < -0.4 is 5.32 Å². The summed E-state index contributed by atoms with van der Waals surface area (Å²) in [6.07, 6.45) is 11.6. The fourth-order valence-corrected chi connectivity index (χ4v) is 4.47. The molecule has 0 spiro atoms. The average molecular weight is 417 g/mol. The van der Waals surface area contributed by atoms with Crippen LogP contribution in [0.3, 0.4) is 0 Å². The first-order valence-corrected chi connectivity index (χ1v) is 10.9. The van der Waals surface area contributed by atoms with Crippen LogP contribution >= 0.6 is 0 Å². The molecule has 3 aromatic rings. The van der Waals surface area contributed by atoms with Crippen molar-refractivity contribution in [2.24, 2.45) is 12.0 Å². The van der Waals surface area contributed by atoms with Gasteiger partial charge in [-0.15, -0.1) is 0 Å². The topological polar surface area (TPSA) is 80.3 Å². The van der Waals surface area contributed by atoms with Gasteiger partial charge in [0.1, 0.15) is 5.84 Å². The molecule has 5 rings (SSSR count). The Morgan fingerprint density at radius 1 is 1.06 bits per heavy atom. The first kappa shape index (κ1) is 19.8. The van der Waals surface area contributed by atoms with Gasteiger partial charge < -0.3 is 10.4 Å². The molecule has 2 aliphatic rings. The Bertz CT molecular complexity index is 1150. The van der Waals surface area contributed by atoms with Gasteiger partial charge in [0, 0.05) is 47.9 Å². The van der Waals surface area contributed by atoms with E-state index >= 15 is 0 Å². The number of amidine groups is 1. The van der Waals surface area contributed by atoms with Crippen LogP contribution in [-0.4, -0.2) is 43.2 Å². The maximum atomic E-state index is 9.77. The van der Waals surface area contributed by atoms with Crippen molar-refractivity contribution in [1.82, 2.24) is 24.9 Å². The van der Waals surface area contributed by atoms with E-state index in [9.17, 15) is 5.11 Å². The predicted octanol–water partition coefficient (Wildman–Crippen LogP) is 3.46. The molecule has 1 aliphatic carbocycles. The third kappa shape index (κ3) is 4.05. The molecule has 0 amide bonds. The lowest BCUT2D eigenvalue weighted by atomic mass is 9.93. The summed E-state index contributed by atoms with van der Waals surface area (Å²) in [6.45, 7) is 2.68. The number of hydrogen-bond donors (Lipinski definition) is 2. The van der Waals surface area contributed by atoms with Crippen molar-refractivity contribution >= 4 is 11.4 Å². The van der Waals surface area contributed by atoms with Gasteiger partial charge in [-0.05, 0) is 44.2 Å². The molecule has 0 atom stereocenters. The minimum atomic E-state index is -0.151. The van der Waals surface area contributed by atoms with Gasteiger partial charge in [-0.25, -0.2) is 0 Å². The molecule has 0 saturated heterocycles. The molecule has 31 heavy (non-hydrogen) atoms. The number of aryl methyl sites for hydroxylation is 2. The Kier molecular flexibility index (Phi) is 5.19. The van der Waals surface area contributed by atoms with Gasteiger partial charge in [0.25, 0.3) is 0 Å². The molecular weight excluding hydrogens is 388 g/mol. The van der Waals surface area contributed by atoms with E-state index in [2.05, 4.69) is 58.7 Å². The smallest absolute Gasteiger partial charge is 0.132 e. The maximum Gasteiger partial charge on any atom is 0.132 e. The Morgan fingerprint density at radius 2 is 1.87 bits per heavy atom. The lowest BCUT2D eigenvalue weighted by Gasteiger charge is -2.25. The number of benzene rings is 1. The molecule has 0 radical (unpaired) electrons. The molecule has 0 unspecified atom stereocenters. The molecule has 2 N–H and O–H groups in total. The lowest BCUT2D eigenvalue weighted by molar-refractivity contribution is 0.108. The minimum Gasteiger partial charge on any atom is -0.393 e. The molecule has 0 bridgehead atoms. The number of rotatable bonds is 4. The second-order valence-electron chi connectivity index (χ2n) is 8.53. The second kappa shape index (κ2) is 8.15. The summed E-state index contributed by atoms with van der Waals surface area (Å²) < 4.78 is 3.90. The molecule has 1 aliphatic heterocycles. The van der Waals surface area contributed by atoms with Gasteiger partial charge in [0.15, 0.2) is 0 Å². The minimum absolute atomic E-state index is 0.151. The van der Waals surface area contributed by atoms with E-state index in [1.165, 1.54) is 0 Å². The van der Waals surface area contributed by atoms with E-state index in [0.717, 1.165) is 65.0 Å². The molecule has 1 saturated carbocycles. The summed E-state index contributed by atoms with van der Waals surface area (Å²) in [5.74, 6) is 0.876. The number of aliphatic hydroxyl groups is 1. The molecule has 1 aromatic carbocycles. The average Bonchev–Trinajstić information content (AvgIpc) is 3.40. The highest BCUT2D eigenvalue weighted by atomic mass is 16.3. The van der Waals surface area contributed by atoms with Crippen molar-refractivity contribution in [3.05, 3.63) is 65.9 Å². The monoisotopic (exact) mass is 416 g/mol. The largest absolute Gasteiger partial charge is 0.393 e. The normalized spacial score (nSPS) is 21.4. The van der Waals surface area contributed by atoms with Crippen LogP contribution in [0.1, 0.15) is 48.5 Å². The van der Waals surface area contributed by atoms with E-state index in [4.69, 9.17) is 10.1 Å². The van der Waals surface area contributed by atoms with E-state index < -0.39 is 0 Å². The van der Waals surface area contributed by atoms with Crippen LogP contribution in [0.4, 0.5) is 0 Å². The first-order valence-electron chi connectivity index (χ1n) is 10.9. The first-order chi connectivity index (χ1) is 15.1. The van der Waals surface area contributed by atoms with Crippen LogP contribution in [0.5, 0.6) is 0 Å². The number of nitrogens with zero attached hydrogens (tertiary/aromatic N) is 5. The number of aromatic nitrogens is 4. The third-order valence-electron chi connectivity index (χ3n) is 6.27. The number of aliphatic imine (C=N–C) groups is 1. The van der Waals surface area contributed by atoms with Gasteiger partial charge in [0.05, 0.1) is 30.6 Å². The molecule has 160 valence electrons. The van der Waals surface area contributed by atoms with Gasteiger partial charge in [-0.2, -0.15) is 10.2 Å². The highest BCUT2D eigenvalue weighted by Crippen LogP contribution is 2.30. The fourth-order valence-electron chi connectivity index (χ4n) is 4.47. The van der Waals surface area contributed by atoms with Crippen molar-refractivity contribution in [3.8, 4) is 11.1 Å². The van der Waals surface area contributed by atoms with Crippen molar-refractivity contribution in [2.45, 2.75) is 44.8 Å². The third-order valence-corrected chi connectivity index (χ3v) is 6.27. The standard InChI is InChI=1S/C24H28N6O/c1-16-23(15-30(28-16)21-6-8-22(31)9-7-21)19-11-25-24(26-12-19)18-5-3-4-17(10-18)20-13-27-29(2)14-20/h3-5,10-11,13-15,21-22,31H,6-9,12H2,1-2H3,(H,25,26). The summed E-state index contributed by atoms with van der Waals surface area (Å²) in [5, 5.41) is 22.2. The summed E-state index contributed by atoms with van der Waals surface area (Å²) in [5.41, 5.74) is 6.59. The molecule has 7 heteroatoms. The van der Waals surface area contributed by atoms with Crippen LogP contribution in [-0.2, 0) is 7.05 Å². The second-order valence-corrected chi connectivity index (χ2v) is 8.53. The fraction of sp³-hybridized carbons (Fsp3) is 0.375. The van der Waals surface area contributed by atoms with Crippen molar-refractivity contribution in [1.29, 1.82) is 0 Å². The summed E-state index contributed by atoms with van der Waals surface area (Å²) >= 11 is 0. The highest BCUT2D eigenvalue weighted by Gasteiger charge is 2.23. The van der Waals surface area contributed by atoms with Gasteiger partial charge in [-0.1, -0.05) is 18.2 Å². The van der Waals surface area contributed by atoms with Crippen LogP contribution in [0.25, 0.3) is 16.7 Å². The highest BCUT2D eigenvalue weighted by molar-refractivity contribution is 6.02. The molecular formula is C24H28N6O. The van der Waals surface area contributed by atoms with E-state index in [-0.39, 0.29) is 6.10 Å². The van der Waals surface area contributed by atoms with Crippen molar-refractivity contribution < 1.29 is 5.11 Å². The maximum absolute atomic E-state index is 9.77. The zero-order valence-electron chi connectivity index (χ0n) is 18.0. The zero-order valence-corrected chi connectivity index (χ0v) is 18.0. The molecule has 1 fully saturated rings. The quantitative estimate of drug-likeness (QED) is 0.683. The lowest BCUT2D eigenvalue weighted by Crippen LogP contribution is -2.23. The molecule has 3 heterocycles. The van der Waals surface area contributed by atoms with E-state index in [1.54, 1.807) is 0 Å². The predicted molar refractivity (Wildman–Crippen MR) is 122 cm³/mol. The Morgan fingerprint density at radius 3 is 2.58 bits per heavy atom. The zero-order chi connectivity index (χ0) is 21.4. The van der Waals surface area contributed by atoms with E-state index in [1.807, 2.05) is 24.1 Å². The number of hydrogen-bond acceptors (Lipinski definition) is 5. The van der Waals surface area contributed by atoms with Crippen molar-refractivity contribution in [3.63, 3.8) is 0 Å². The molecule has 7 nitrogen and oxygen atoms in total. The summed E-state index contributed by atoms with van der Waals surface area (Å²) in [6, 6.07) is 8.74. The van der Waals surface area contributed by atoms with Crippen LogP contribution in [0, 0.1) is 6.92 Å². The van der Waals surface area contributed by atoms with Crippen LogP contribution in [0.15, 0.2) is 54.0 Å². The summed E-state index contributed by atoms with van der Waals surface area (Å²) in [7, 11) is 1.92. The van der Waals surface area contributed by atoms with Gasteiger partial charge >= 0.3 is 0 Å². The Balaban J connectivity index is 1.31. The van der Waals surface area contributed by atoms with Gasteiger partial charge in [0.2, 0.25) is 0 Å². The Hall–Kier alpha value is -3.19. The van der Waals surface area contributed by atoms with Gasteiger partial charge in [-0.3, -0.25) is 14.4 Å². The van der Waals surface area contributed by atoms with Crippen molar-refractivity contribution in [2.75, 3.05) is 6.54 Å². The summed E-state index contributed by atoms with van der Waals surface area (Å²) in [4.78, 5) is 4.82. The number of nitrogens with one attached hydrogen (secondary N) is 1. The Labute approximate surface area is 182 Å². The SMILES string of the molecule is Cc1nn(C2CCC(O)CC2)cc1C1=CNC(c2cccc(-c3cnn(C)c3)c2)=NC1. The van der Waals surface area contributed by atoms with Crippen LogP contribution in [0.2, 0.25) is 0 Å².